The van der Waals surface area contributed by atoms with Crippen molar-refractivity contribution in [3.63, 3.8) is 0 Å². The molecular weight excluding hydrogens is 272 g/mol. The van der Waals surface area contributed by atoms with E-state index < -0.39 is 0 Å². The van der Waals surface area contributed by atoms with E-state index in [1.807, 2.05) is 18.2 Å². The van der Waals surface area contributed by atoms with Gasteiger partial charge in [-0.1, -0.05) is 18.2 Å². The molecule has 6 heteroatoms. The minimum atomic E-state index is -0.262. The zero-order valence-electron chi connectivity index (χ0n) is 8.22. The average Bonchev–Trinajstić information content (AvgIpc) is 2.34. The van der Waals surface area contributed by atoms with Gasteiger partial charge in [0.1, 0.15) is 4.47 Å². The van der Waals surface area contributed by atoms with E-state index in [2.05, 4.69) is 26.5 Å². The molecule has 0 aliphatic carbocycles. The molecule has 0 atom stereocenters. The summed E-state index contributed by atoms with van der Waals surface area (Å²) in [6, 6.07) is 9.16. The Bertz CT molecular complexity index is 552. The maximum Gasteiger partial charge on any atom is 0.287 e. The van der Waals surface area contributed by atoms with Crippen LogP contribution < -0.4 is 16.8 Å². The highest BCUT2D eigenvalue weighted by Crippen LogP contribution is 2.15. The lowest BCUT2D eigenvalue weighted by molar-refractivity contribution is 0.801. The monoisotopic (exact) mass is 280 g/mol. The number of nitrogen functional groups attached to an aromatic ring is 1. The summed E-state index contributed by atoms with van der Waals surface area (Å²) in [6.07, 6.45) is 1.48. The first kappa shape index (κ1) is 10.8. The molecule has 1 aromatic carbocycles. The number of para-hydroxylation sites is 1. The molecule has 0 unspecified atom stereocenters. The maximum absolute atomic E-state index is 11.9. The number of hydrogen-bond donors (Lipinski definition) is 2. The Hall–Kier alpha value is -1.66. The zero-order chi connectivity index (χ0) is 11.5. The van der Waals surface area contributed by atoms with Crippen LogP contribution in [0.2, 0.25) is 0 Å². The minimum absolute atomic E-state index is 0.262. The number of hydrogen-bond acceptors (Lipinski definition) is 4. The number of rotatable bonds is 2. The van der Waals surface area contributed by atoms with Crippen LogP contribution >= 0.6 is 15.9 Å². The van der Waals surface area contributed by atoms with E-state index in [4.69, 9.17) is 5.84 Å². The maximum atomic E-state index is 11.9. The molecule has 16 heavy (non-hydrogen) atoms. The second-order valence-electron chi connectivity index (χ2n) is 3.07. The van der Waals surface area contributed by atoms with Gasteiger partial charge in [0.2, 0.25) is 0 Å². The molecule has 0 fully saturated rings. The van der Waals surface area contributed by atoms with Crippen molar-refractivity contribution in [2.45, 2.75) is 0 Å². The van der Waals surface area contributed by atoms with E-state index in [-0.39, 0.29) is 5.56 Å². The molecule has 1 aromatic heterocycles. The van der Waals surface area contributed by atoms with E-state index in [0.717, 1.165) is 0 Å². The lowest BCUT2D eigenvalue weighted by atomic mass is 10.3. The third-order valence-electron chi connectivity index (χ3n) is 2.08. The number of anilines is 1. The van der Waals surface area contributed by atoms with Crippen LogP contribution in [0, 0.1) is 0 Å². The summed E-state index contributed by atoms with van der Waals surface area (Å²) in [5.41, 5.74) is 3.29. The number of nitrogens with one attached hydrogen (secondary N) is 1. The van der Waals surface area contributed by atoms with Crippen molar-refractivity contribution < 1.29 is 0 Å². The highest BCUT2D eigenvalue weighted by Gasteiger charge is 2.08. The van der Waals surface area contributed by atoms with E-state index >= 15 is 0 Å². The van der Waals surface area contributed by atoms with Crippen LogP contribution in [0.1, 0.15) is 0 Å². The Morgan fingerprint density at radius 1 is 1.31 bits per heavy atom. The summed E-state index contributed by atoms with van der Waals surface area (Å²) in [5, 5.41) is 4.01. The first-order valence-corrected chi connectivity index (χ1v) is 5.33. The number of halogens is 1. The van der Waals surface area contributed by atoms with Crippen LogP contribution in [-0.4, -0.2) is 9.78 Å². The summed E-state index contributed by atoms with van der Waals surface area (Å²) in [4.78, 5) is 11.9. The van der Waals surface area contributed by atoms with Crippen LogP contribution in [-0.2, 0) is 0 Å². The summed E-state index contributed by atoms with van der Waals surface area (Å²) >= 11 is 3.17. The fourth-order valence-corrected chi connectivity index (χ4v) is 1.67. The van der Waals surface area contributed by atoms with Gasteiger partial charge < -0.3 is 5.43 Å². The van der Waals surface area contributed by atoms with Gasteiger partial charge >= 0.3 is 0 Å². The van der Waals surface area contributed by atoms with Gasteiger partial charge in [-0.15, -0.1) is 0 Å². The molecule has 2 rings (SSSR count). The predicted molar refractivity (Wildman–Crippen MR) is 65.3 cm³/mol. The second kappa shape index (κ2) is 4.46. The molecule has 0 amide bonds. The van der Waals surface area contributed by atoms with Gasteiger partial charge in [-0.05, 0) is 28.1 Å². The quantitative estimate of drug-likeness (QED) is 0.642. The van der Waals surface area contributed by atoms with Crippen LogP contribution in [0.4, 0.5) is 5.69 Å². The first-order valence-electron chi connectivity index (χ1n) is 4.54. The lowest BCUT2D eigenvalue weighted by Gasteiger charge is -2.07. The molecule has 82 valence electrons. The van der Waals surface area contributed by atoms with E-state index in [9.17, 15) is 4.79 Å². The summed E-state index contributed by atoms with van der Waals surface area (Å²) in [5.74, 6) is 5.24. The van der Waals surface area contributed by atoms with E-state index in [1.165, 1.54) is 10.9 Å². The summed E-state index contributed by atoms with van der Waals surface area (Å²) in [6.45, 7) is 0. The van der Waals surface area contributed by atoms with Gasteiger partial charge in [0.05, 0.1) is 17.6 Å². The molecule has 0 saturated heterocycles. The van der Waals surface area contributed by atoms with Gasteiger partial charge in [0, 0.05) is 0 Å². The third-order valence-corrected chi connectivity index (χ3v) is 2.84. The van der Waals surface area contributed by atoms with Crippen molar-refractivity contribution in [1.29, 1.82) is 0 Å². The molecule has 0 saturated carbocycles. The van der Waals surface area contributed by atoms with Crippen molar-refractivity contribution >= 4 is 21.6 Å². The molecule has 5 nitrogen and oxygen atoms in total. The van der Waals surface area contributed by atoms with E-state index in [1.54, 1.807) is 12.1 Å². The highest BCUT2D eigenvalue weighted by atomic mass is 79.9. The molecular formula is C10H9BrN4O. The first-order chi connectivity index (χ1) is 7.74. The Kier molecular flexibility index (Phi) is 3.02. The molecule has 0 aliphatic heterocycles. The van der Waals surface area contributed by atoms with Crippen LogP contribution in [0.5, 0.6) is 0 Å². The molecule has 0 bridgehead atoms. The SMILES string of the molecule is NNc1cnn(-c2ccccc2)c(=O)c1Br. The fraction of sp³-hybridized carbons (Fsp3) is 0. The van der Waals surface area contributed by atoms with Crippen molar-refractivity contribution in [2.75, 3.05) is 5.43 Å². The average molecular weight is 281 g/mol. The Balaban J connectivity index is 2.61. The van der Waals surface area contributed by atoms with Crippen LogP contribution in [0.3, 0.4) is 0 Å². The largest absolute Gasteiger partial charge is 0.321 e. The van der Waals surface area contributed by atoms with Crippen molar-refractivity contribution in [3.8, 4) is 5.69 Å². The highest BCUT2D eigenvalue weighted by molar-refractivity contribution is 9.10. The van der Waals surface area contributed by atoms with Gasteiger partial charge in [0.15, 0.2) is 0 Å². The Morgan fingerprint density at radius 3 is 2.62 bits per heavy atom. The van der Waals surface area contributed by atoms with Gasteiger partial charge in [-0.2, -0.15) is 9.78 Å². The van der Waals surface area contributed by atoms with Gasteiger partial charge in [0.25, 0.3) is 5.56 Å². The summed E-state index contributed by atoms with van der Waals surface area (Å²) in [7, 11) is 0. The normalized spacial score (nSPS) is 10.1. The Labute approximate surface area is 100.0 Å². The molecule has 0 spiro atoms. The minimum Gasteiger partial charge on any atom is -0.321 e. The zero-order valence-corrected chi connectivity index (χ0v) is 9.81. The number of benzene rings is 1. The van der Waals surface area contributed by atoms with Gasteiger partial charge in [-0.3, -0.25) is 10.6 Å². The van der Waals surface area contributed by atoms with Crippen LogP contribution in [0.25, 0.3) is 5.69 Å². The molecule has 0 aliphatic rings. The summed E-state index contributed by atoms with van der Waals surface area (Å²) < 4.78 is 1.65. The number of aromatic nitrogens is 2. The van der Waals surface area contributed by atoms with E-state index in [0.29, 0.717) is 15.8 Å². The van der Waals surface area contributed by atoms with Crippen molar-refractivity contribution in [2.24, 2.45) is 5.84 Å². The Morgan fingerprint density at radius 2 is 2.00 bits per heavy atom. The van der Waals surface area contributed by atoms with Crippen molar-refractivity contribution in [3.05, 3.63) is 51.4 Å². The molecule has 0 radical (unpaired) electrons. The smallest absolute Gasteiger partial charge is 0.287 e. The van der Waals surface area contributed by atoms with Crippen molar-refractivity contribution in [1.82, 2.24) is 9.78 Å². The fourth-order valence-electron chi connectivity index (χ4n) is 1.29. The number of nitrogens with zero attached hydrogens (tertiary/aromatic N) is 2. The molecule has 3 N–H and O–H groups in total. The standard InChI is InChI=1S/C10H9BrN4O/c11-9-8(14-12)6-13-15(10(9)16)7-4-2-1-3-5-7/h1-6,14H,12H2. The third kappa shape index (κ3) is 1.84. The number of hydrazine groups is 1. The lowest BCUT2D eigenvalue weighted by Crippen LogP contribution is -2.24. The molecule has 1 heterocycles. The second-order valence-corrected chi connectivity index (χ2v) is 3.86. The van der Waals surface area contributed by atoms with Gasteiger partial charge in [-0.25, -0.2) is 0 Å². The predicted octanol–water partition coefficient (Wildman–Crippen LogP) is 1.28. The van der Waals surface area contributed by atoms with Crippen LogP contribution in [0.15, 0.2) is 45.8 Å². The number of nitrogens with two attached hydrogens (primary N) is 1. The topological polar surface area (TPSA) is 72.9 Å². The molecule has 2 aromatic rings.